The largest absolute Gasteiger partial charge is 0.363 e. The molecule has 0 bridgehead atoms. The Kier molecular flexibility index (Phi) is 3.33. The zero-order valence-electron chi connectivity index (χ0n) is 10.8. The van der Waals surface area contributed by atoms with Crippen molar-refractivity contribution in [2.45, 2.75) is 38.3 Å². The molecule has 0 saturated heterocycles. The zero-order chi connectivity index (χ0) is 14.1. The number of nitrogens with zero attached hydrogens (tertiary/aromatic N) is 4. The second-order valence-electron chi connectivity index (χ2n) is 5.00. The smallest absolute Gasteiger partial charge is 0.244 e. The van der Waals surface area contributed by atoms with Crippen molar-refractivity contribution in [1.82, 2.24) is 19.8 Å². The molecule has 0 spiro atoms. The maximum Gasteiger partial charge on any atom is 0.363 e. The molecule has 0 unspecified atom stereocenters. The Hall–Kier alpha value is -2.05. The number of aryl methyl sites for hydroxylation is 2. The summed E-state index contributed by atoms with van der Waals surface area (Å²) in [6.07, 6.45) is 3.27. The van der Waals surface area contributed by atoms with Crippen LogP contribution in [-0.2, 0) is 13.0 Å². The molecule has 1 fully saturated rings. The van der Waals surface area contributed by atoms with Crippen molar-refractivity contribution in [3.05, 3.63) is 45.9 Å². The third-order valence-electron chi connectivity index (χ3n) is 3.69. The van der Waals surface area contributed by atoms with E-state index in [2.05, 4.69) is 10.4 Å². The lowest BCUT2D eigenvalue weighted by molar-refractivity contribution is 0.277. The fraction of sp³-hybridized carbons (Fsp3) is 0.462. The van der Waals surface area contributed by atoms with E-state index in [1.165, 1.54) is 21.5 Å². The maximum absolute atomic E-state index is 13.5. The molecule has 7 heteroatoms. The molecule has 5 nitrogen and oxygen atoms in total. The van der Waals surface area contributed by atoms with Crippen LogP contribution in [0.1, 0.15) is 30.9 Å². The second kappa shape index (κ2) is 5.15. The molecule has 2 aromatic rings. The average Bonchev–Trinajstić information content (AvgIpc) is 2.69. The van der Waals surface area contributed by atoms with Crippen LogP contribution in [0.3, 0.4) is 0 Å². The molecule has 106 valence electrons. The van der Waals surface area contributed by atoms with Gasteiger partial charge in [-0.05, 0) is 47.7 Å². The molecule has 1 aliphatic rings. The maximum atomic E-state index is 13.5. The highest BCUT2D eigenvalue weighted by Gasteiger charge is 2.23. The molecule has 0 amide bonds. The molecule has 1 aliphatic carbocycles. The third-order valence-corrected chi connectivity index (χ3v) is 3.69. The molecule has 20 heavy (non-hydrogen) atoms. The Morgan fingerprint density at radius 2 is 2.05 bits per heavy atom. The van der Waals surface area contributed by atoms with Gasteiger partial charge >= 0.3 is 5.69 Å². The molecule has 1 saturated carbocycles. The van der Waals surface area contributed by atoms with E-state index in [1.54, 1.807) is 0 Å². The van der Waals surface area contributed by atoms with Crippen molar-refractivity contribution in [3.8, 4) is 0 Å². The zero-order valence-corrected chi connectivity index (χ0v) is 10.8. The van der Waals surface area contributed by atoms with Crippen molar-refractivity contribution in [2.24, 2.45) is 0 Å². The van der Waals surface area contributed by atoms with Crippen LogP contribution in [0, 0.1) is 11.6 Å². The summed E-state index contributed by atoms with van der Waals surface area (Å²) in [6, 6.07) is 3.57. The fourth-order valence-corrected chi connectivity index (χ4v) is 2.24. The fourth-order valence-electron chi connectivity index (χ4n) is 2.24. The third kappa shape index (κ3) is 2.35. The highest BCUT2D eigenvalue weighted by atomic mass is 19.1. The minimum absolute atomic E-state index is 0.152. The molecule has 0 radical (unpaired) electrons. The summed E-state index contributed by atoms with van der Waals surface area (Å²) in [5.41, 5.74) is 0.0914. The van der Waals surface area contributed by atoms with Crippen LogP contribution in [0.15, 0.2) is 23.0 Å². The first-order chi connectivity index (χ1) is 9.65. The van der Waals surface area contributed by atoms with Crippen molar-refractivity contribution in [1.29, 1.82) is 0 Å². The first-order valence-corrected chi connectivity index (χ1v) is 6.61. The van der Waals surface area contributed by atoms with Gasteiger partial charge in [0.15, 0.2) is 0 Å². The van der Waals surface area contributed by atoms with Crippen molar-refractivity contribution >= 4 is 0 Å². The quantitative estimate of drug-likeness (QED) is 0.856. The summed E-state index contributed by atoms with van der Waals surface area (Å²) in [6.45, 7) is 0.230. The van der Waals surface area contributed by atoms with E-state index in [0.717, 1.165) is 25.3 Å². The van der Waals surface area contributed by atoms with Gasteiger partial charge in [-0.15, -0.1) is 0 Å². The number of hydrogen-bond donors (Lipinski definition) is 0. The lowest BCUT2D eigenvalue weighted by Gasteiger charge is -2.23. The Bertz CT molecular complexity index is 675. The number of aromatic nitrogens is 4. The average molecular weight is 280 g/mol. The van der Waals surface area contributed by atoms with E-state index in [1.807, 2.05) is 0 Å². The molecular formula is C13H14F2N4O. The van der Waals surface area contributed by atoms with Gasteiger partial charge in [-0.3, -0.25) is 0 Å². The molecule has 1 aromatic carbocycles. The van der Waals surface area contributed by atoms with Gasteiger partial charge in [-0.2, -0.15) is 9.36 Å². The normalized spacial score (nSPS) is 15.3. The summed E-state index contributed by atoms with van der Waals surface area (Å²) in [5, 5.41) is 7.65. The Balaban J connectivity index is 1.72. The molecule has 1 aromatic heterocycles. The summed E-state index contributed by atoms with van der Waals surface area (Å²) in [5.74, 6) is -1.22. The lowest BCUT2D eigenvalue weighted by atomic mass is 9.93. The van der Waals surface area contributed by atoms with Crippen LogP contribution in [0.2, 0.25) is 0 Å². The van der Waals surface area contributed by atoms with Gasteiger partial charge < -0.3 is 0 Å². The number of halogens is 2. The van der Waals surface area contributed by atoms with Gasteiger partial charge in [0.05, 0.1) is 12.6 Å². The highest BCUT2D eigenvalue weighted by Crippen LogP contribution is 2.28. The van der Waals surface area contributed by atoms with Crippen LogP contribution in [0.5, 0.6) is 0 Å². The van der Waals surface area contributed by atoms with E-state index in [9.17, 15) is 13.6 Å². The standard InChI is InChI=1S/C13H14F2N4O/c14-10-5-4-9(12(15)8-10)6-7-18-13(20)19(17-16-18)11-2-1-3-11/h4-5,8,11H,1-3,6-7H2. The predicted molar refractivity (Wildman–Crippen MR) is 67.2 cm³/mol. The van der Waals surface area contributed by atoms with Crippen LogP contribution in [0.4, 0.5) is 8.78 Å². The molecule has 0 N–H and O–H groups in total. The lowest BCUT2D eigenvalue weighted by Crippen LogP contribution is -2.31. The summed E-state index contributed by atoms with van der Waals surface area (Å²) < 4.78 is 28.9. The minimum atomic E-state index is -0.612. The Labute approximate surface area is 113 Å². The van der Waals surface area contributed by atoms with Gasteiger partial charge in [-0.1, -0.05) is 6.07 Å². The van der Waals surface area contributed by atoms with E-state index < -0.39 is 11.6 Å². The minimum Gasteiger partial charge on any atom is -0.244 e. The first kappa shape index (κ1) is 13.0. The second-order valence-corrected chi connectivity index (χ2v) is 5.00. The molecule has 0 atom stereocenters. The monoisotopic (exact) mass is 280 g/mol. The number of rotatable bonds is 4. The van der Waals surface area contributed by atoms with Crippen molar-refractivity contribution in [2.75, 3.05) is 0 Å². The number of tetrazole rings is 1. The number of benzene rings is 1. The summed E-state index contributed by atoms with van der Waals surface area (Å²) in [7, 11) is 0. The summed E-state index contributed by atoms with van der Waals surface area (Å²) in [4.78, 5) is 12.0. The molecule has 3 rings (SSSR count). The molecular weight excluding hydrogens is 266 g/mol. The van der Waals surface area contributed by atoms with E-state index in [-0.39, 0.29) is 24.7 Å². The summed E-state index contributed by atoms with van der Waals surface area (Å²) >= 11 is 0. The van der Waals surface area contributed by atoms with E-state index in [4.69, 9.17) is 0 Å². The van der Waals surface area contributed by atoms with Crippen LogP contribution in [-0.4, -0.2) is 19.8 Å². The SMILES string of the molecule is O=c1n(CCc2ccc(F)cc2F)nnn1C1CCC1. The highest BCUT2D eigenvalue weighted by molar-refractivity contribution is 5.18. The van der Waals surface area contributed by atoms with E-state index >= 15 is 0 Å². The van der Waals surface area contributed by atoms with Crippen LogP contribution < -0.4 is 5.69 Å². The predicted octanol–water partition coefficient (Wildman–Crippen LogP) is 1.69. The van der Waals surface area contributed by atoms with Gasteiger partial charge in [0.25, 0.3) is 0 Å². The first-order valence-electron chi connectivity index (χ1n) is 6.61. The Morgan fingerprint density at radius 3 is 2.70 bits per heavy atom. The molecule has 1 heterocycles. The van der Waals surface area contributed by atoms with Crippen LogP contribution >= 0.6 is 0 Å². The Morgan fingerprint density at radius 1 is 1.25 bits per heavy atom. The topological polar surface area (TPSA) is 52.7 Å². The van der Waals surface area contributed by atoms with Gasteiger partial charge in [0.1, 0.15) is 11.6 Å². The van der Waals surface area contributed by atoms with Crippen LogP contribution in [0.25, 0.3) is 0 Å². The van der Waals surface area contributed by atoms with Gasteiger partial charge in [0.2, 0.25) is 0 Å². The van der Waals surface area contributed by atoms with E-state index in [0.29, 0.717) is 5.56 Å². The van der Waals surface area contributed by atoms with Gasteiger partial charge in [0, 0.05) is 6.07 Å². The van der Waals surface area contributed by atoms with Crippen molar-refractivity contribution in [3.63, 3.8) is 0 Å². The molecule has 0 aliphatic heterocycles. The number of hydrogen-bond acceptors (Lipinski definition) is 3. The van der Waals surface area contributed by atoms with Gasteiger partial charge in [-0.25, -0.2) is 13.6 Å². The van der Waals surface area contributed by atoms with Crippen molar-refractivity contribution < 1.29 is 8.78 Å².